The third-order valence-electron chi connectivity index (χ3n) is 7.63. The molecule has 0 spiro atoms. The van der Waals surface area contributed by atoms with Crippen molar-refractivity contribution in [1.29, 1.82) is 0 Å². The van der Waals surface area contributed by atoms with Crippen LogP contribution in [0.5, 0.6) is 17.4 Å². The van der Waals surface area contributed by atoms with Gasteiger partial charge in [0.25, 0.3) is 5.91 Å². The Morgan fingerprint density at radius 3 is 2.42 bits per heavy atom. The number of pyridine rings is 1. The van der Waals surface area contributed by atoms with Gasteiger partial charge in [0, 0.05) is 23.9 Å². The van der Waals surface area contributed by atoms with E-state index in [1.807, 2.05) is 24.3 Å². The summed E-state index contributed by atoms with van der Waals surface area (Å²) in [4.78, 5) is 48.1. The molecule has 45 heavy (non-hydrogen) atoms. The molecule has 11 heteroatoms. The molecule has 0 saturated heterocycles. The van der Waals surface area contributed by atoms with Gasteiger partial charge in [0.15, 0.2) is 0 Å². The van der Waals surface area contributed by atoms with Crippen LogP contribution in [-0.4, -0.2) is 50.0 Å². The molecular formula is C34H31N5O6. The minimum atomic E-state index is -1.11. The molecule has 2 heterocycles. The van der Waals surface area contributed by atoms with Gasteiger partial charge in [0.2, 0.25) is 11.8 Å². The molecule has 2 aromatic heterocycles. The number of nitrogens with one attached hydrogen (secondary N) is 3. The molecule has 6 rings (SSSR count). The van der Waals surface area contributed by atoms with Crippen LogP contribution in [-0.2, 0) is 11.2 Å². The van der Waals surface area contributed by atoms with Crippen molar-refractivity contribution in [1.82, 2.24) is 20.3 Å². The van der Waals surface area contributed by atoms with Crippen molar-refractivity contribution in [2.75, 3.05) is 5.32 Å². The fraction of sp³-hybridized carbons (Fsp3) is 0.206. The first-order valence-electron chi connectivity index (χ1n) is 14.7. The summed E-state index contributed by atoms with van der Waals surface area (Å²) in [5, 5.41) is 15.1. The van der Waals surface area contributed by atoms with E-state index >= 15 is 0 Å². The molecule has 3 aromatic carbocycles. The molecule has 4 N–H and O–H groups in total. The summed E-state index contributed by atoms with van der Waals surface area (Å²) in [5.41, 5.74) is 3.21. The van der Waals surface area contributed by atoms with E-state index in [1.165, 1.54) is 6.07 Å². The molecule has 0 radical (unpaired) electrons. The number of benzene rings is 3. The van der Waals surface area contributed by atoms with Gasteiger partial charge in [-0.05, 0) is 85.8 Å². The lowest BCUT2D eigenvalue weighted by molar-refractivity contribution is -0.115. The highest BCUT2D eigenvalue weighted by Gasteiger charge is 2.24. The second-order valence-corrected chi connectivity index (χ2v) is 10.9. The number of H-pyrrole nitrogens is 1. The molecule has 0 aliphatic heterocycles. The lowest BCUT2D eigenvalue weighted by atomic mass is 9.92. The van der Waals surface area contributed by atoms with Crippen LogP contribution in [0.2, 0.25) is 0 Å². The van der Waals surface area contributed by atoms with Crippen molar-refractivity contribution in [2.45, 2.75) is 44.2 Å². The second-order valence-electron chi connectivity index (χ2n) is 10.9. The molecule has 1 aliphatic rings. The van der Waals surface area contributed by atoms with E-state index in [9.17, 15) is 19.5 Å². The van der Waals surface area contributed by atoms with Crippen LogP contribution in [0.25, 0.3) is 11.0 Å². The number of amides is 2. The van der Waals surface area contributed by atoms with Gasteiger partial charge in [-0.2, -0.15) is 0 Å². The maximum atomic E-state index is 12.7. The van der Waals surface area contributed by atoms with Crippen molar-refractivity contribution >= 4 is 34.5 Å². The number of imidazole rings is 1. The molecule has 1 aliphatic carbocycles. The largest absolute Gasteiger partial charge is 0.490 e. The normalized spacial score (nSPS) is 16.1. The predicted octanol–water partition coefficient (Wildman–Crippen LogP) is 5.75. The summed E-state index contributed by atoms with van der Waals surface area (Å²) in [6.07, 6.45) is 6.61. The van der Waals surface area contributed by atoms with Crippen LogP contribution in [0.1, 0.15) is 52.0 Å². The third kappa shape index (κ3) is 7.45. The van der Waals surface area contributed by atoms with Crippen LogP contribution in [0.4, 0.5) is 5.69 Å². The number of carboxylic acid groups (broad SMARTS) is 1. The first-order chi connectivity index (χ1) is 21.9. The Hall–Kier alpha value is -5.71. The number of anilines is 1. The zero-order valence-electron chi connectivity index (χ0n) is 24.2. The number of aromatic carboxylic acids is 1. The van der Waals surface area contributed by atoms with Crippen LogP contribution >= 0.6 is 0 Å². The number of fused-ring (bicyclic) bond motifs is 1. The molecule has 2 amide bonds. The Morgan fingerprint density at radius 1 is 0.889 bits per heavy atom. The standard InChI is InChI=1S/C34H31N5O6/c40-31(39-28-4-2-1-3-27(28)34(42)43)17-21-5-16-32(35-19-21)45-26-13-11-25(12-14-26)44-24-9-7-23(8-10-24)38-33(41)22-6-15-29-30(18-22)37-20-36-29/h1-6,11-16,18-20,23-24H,7-10,17H2,(H,36,37)(H,38,41)(H,39,40)(H,42,43). The van der Waals surface area contributed by atoms with Crippen molar-refractivity contribution in [3.63, 3.8) is 0 Å². The van der Waals surface area contributed by atoms with E-state index < -0.39 is 5.97 Å². The number of rotatable bonds is 10. The maximum Gasteiger partial charge on any atom is 0.337 e. The SMILES string of the molecule is O=C(Cc1ccc(Oc2ccc(OC3CCC(NC(=O)c4ccc5nc[nH]c5c4)CC3)cc2)nc1)Nc1ccccc1C(=O)O. The number of hydrogen-bond acceptors (Lipinski definition) is 7. The van der Waals surface area contributed by atoms with Crippen LogP contribution in [0, 0.1) is 0 Å². The summed E-state index contributed by atoms with van der Waals surface area (Å²) in [6.45, 7) is 0. The zero-order chi connectivity index (χ0) is 31.2. The van der Waals surface area contributed by atoms with E-state index in [-0.39, 0.29) is 41.6 Å². The Bertz CT molecular complexity index is 1810. The molecule has 0 bridgehead atoms. The van der Waals surface area contributed by atoms with Crippen molar-refractivity contribution in [2.24, 2.45) is 0 Å². The van der Waals surface area contributed by atoms with Gasteiger partial charge in [0.05, 0.1) is 41.1 Å². The van der Waals surface area contributed by atoms with Gasteiger partial charge in [-0.15, -0.1) is 0 Å². The van der Waals surface area contributed by atoms with Crippen molar-refractivity contribution in [3.05, 3.63) is 108 Å². The maximum absolute atomic E-state index is 12.7. The summed E-state index contributed by atoms with van der Waals surface area (Å²) in [5.74, 6) is 0.150. The smallest absolute Gasteiger partial charge is 0.337 e. The quantitative estimate of drug-likeness (QED) is 0.157. The average Bonchev–Trinajstić information content (AvgIpc) is 3.52. The molecule has 0 atom stereocenters. The Morgan fingerprint density at radius 2 is 1.67 bits per heavy atom. The van der Waals surface area contributed by atoms with E-state index in [0.717, 1.165) is 42.5 Å². The van der Waals surface area contributed by atoms with Gasteiger partial charge in [-0.1, -0.05) is 18.2 Å². The Kier molecular flexibility index (Phi) is 8.67. The van der Waals surface area contributed by atoms with Crippen LogP contribution in [0.15, 0.2) is 91.4 Å². The van der Waals surface area contributed by atoms with Crippen LogP contribution in [0.3, 0.4) is 0 Å². The van der Waals surface area contributed by atoms with Crippen LogP contribution < -0.4 is 20.1 Å². The number of aromatic amines is 1. The topological polar surface area (TPSA) is 156 Å². The van der Waals surface area contributed by atoms with Crippen molar-refractivity contribution in [3.8, 4) is 17.4 Å². The molecule has 228 valence electrons. The molecule has 5 aromatic rings. The summed E-state index contributed by atoms with van der Waals surface area (Å²) in [7, 11) is 0. The molecule has 1 fully saturated rings. The minimum Gasteiger partial charge on any atom is -0.490 e. The van der Waals surface area contributed by atoms with Gasteiger partial charge in [-0.3, -0.25) is 9.59 Å². The van der Waals surface area contributed by atoms with E-state index in [0.29, 0.717) is 22.8 Å². The first-order valence-corrected chi connectivity index (χ1v) is 14.7. The number of carbonyl (C=O) groups is 3. The number of carboxylic acids is 1. The fourth-order valence-corrected chi connectivity index (χ4v) is 5.30. The number of para-hydroxylation sites is 1. The number of aromatic nitrogens is 3. The predicted molar refractivity (Wildman–Crippen MR) is 167 cm³/mol. The zero-order valence-corrected chi connectivity index (χ0v) is 24.2. The Labute approximate surface area is 258 Å². The molecule has 0 unspecified atom stereocenters. The molecular weight excluding hydrogens is 574 g/mol. The highest BCUT2D eigenvalue weighted by Crippen LogP contribution is 2.27. The third-order valence-corrected chi connectivity index (χ3v) is 7.63. The molecule has 11 nitrogen and oxygen atoms in total. The minimum absolute atomic E-state index is 0.0261. The number of hydrogen-bond donors (Lipinski definition) is 4. The fourth-order valence-electron chi connectivity index (χ4n) is 5.30. The number of nitrogens with zero attached hydrogens (tertiary/aromatic N) is 2. The number of ether oxygens (including phenoxy) is 2. The highest BCUT2D eigenvalue weighted by molar-refractivity contribution is 6.01. The Balaban J connectivity index is 0.942. The van der Waals surface area contributed by atoms with E-state index in [4.69, 9.17) is 9.47 Å². The molecule has 1 saturated carbocycles. The van der Waals surface area contributed by atoms with Crippen molar-refractivity contribution < 1.29 is 29.0 Å². The van der Waals surface area contributed by atoms with Gasteiger partial charge < -0.3 is 30.2 Å². The first kappa shape index (κ1) is 29.4. The lowest BCUT2D eigenvalue weighted by Gasteiger charge is -2.29. The lowest BCUT2D eigenvalue weighted by Crippen LogP contribution is -2.39. The van der Waals surface area contributed by atoms with Gasteiger partial charge >= 0.3 is 5.97 Å². The average molecular weight is 606 g/mol. The second kappa shape index (κ2) is 13.3. The highest BCUT2D eigenvalue weighted by atomic mass is 16.5. The summed E-state index contributed by atoms with van der Waals surface area (Å²) >= 11 is 0. The number of carbonyl (C=O) groups excluding carboxylic acids is 2. The monoisotopic (exact) mass is 605 g/mol. The van der Waals surface area contributed by atoms with Gasteiger partial charge in [-0.25, -0.2) is 14.8 Å². The van der Waals surface area contributed by atoms with Gasteiger partial charge in [0.1, 0.15) is 11.5 Å². The van der Waals surface area contributed by atoms with E-state index in [2.05, 4.69) is 25.6 Å². The summed E-state index contributed by atoms with van der Waals surface area (Å²) < 4.78 is 12.0. The van der Waals surface area contributed by atoms with E-state index in [1.54, 1.807) is 61.1 Å². The summed E-state index contributed by atoms with van der Waals surface area (Å²) in [6, 6.07) is 22.5.